The van der Waals surface area contributed by atoms with Crippen LogP contribution in [0.2, 0.25) is 0 Å². The fourth-order valence-corrected chi connectivity index (χ4v) is 3.81. The van der Waals surface area contributed by atoms with Crippen LogP contribution in [-0.4, -0.2) is 37.4 Å². The van der Waals surface area contributed by atoms with E-state index in [-0.39, 0.29) is 16.3 Å². The number of aromatic nitrogens is 2. The molecule has 0 unspecified atom stereocenters. The summed E-state index contributed by atoms with van der Waals surface area (Å²) in [5, 5.41) is 7.90. The first-order valence-corrected chi connectivity index (χ1v) is 10.5. The van der Waals surface area contributed by atoms with E-state index < -0.39 is 21.7 Å². The number of nitrogens with zero attached hydrogens (tertiary/aromatic N) is 3. The molecule has 0 saturated carbocycles. The van der Waals surface area contributed by atoms with Gasteiger partial charge in [0, 0.05) is 36.4 Å². The van der Waals surface area contributed by atoms with E-state index in [4.69, 9.17) is 5.14 Å². The number of pyridine rings is 2. The van der Waals surface area contributed by atoms with Gasteiger partial charge in [-0.15, -0.1) is 0 Å². The van der Waals surface area contributed by atoms with Crippen LogP contribution in [0, 0.1) is 5.82 Å². The Labute approximate surface area is 166 Å². The molecule has 0 spiro atoms. The van der Waals surface area contributed by atoms with Crippen LogP contribution in [0.5, 0.6) is 0 Å². The van der Waals surface area contributed by atoms with Gasteiger partial charge in [-0.2, -0.15) is 0 Å². The van der Waals surface area contributed by atoms with Crippen molar-refractivity contribution in [2.24, 2.45) is 5.14 Å². The van der Waals surface area contributed by atoms with Crippen molar-refractivity contribution in [3.8, 4) is 0 Å². The standard InChI is InChI=1S/C19H18FN5O3S/c20-13-3-4-16-12(9-13)10-15(18(24-16)25-7-1-2-8-25)19(26)23-14-5-6-22-17(11-14)29(21,27)28/h3-6,9-11H,1-2,7-8H2,(H2,21,27,28)(H,22,23,26). The van der Waals surface area contributed by atoms with Crippen LogP contribution in [0.1, 0.15) is 23.2 Å². The molecule has 8 nitrogen and oxygen atoms in total. The zero-order valence-electron chi connectivity index (χ0n) is 15.3. The van der Waals surface area contributed by atoms with E-state index in [1.54, 1.807) is 12.1 Å². The van der Waals surface area contributed by atoms with Crippen LogP contribution >= 0.6 is 0 Å². The molecule has 2 aromatic heterocycles. The van der Waals surface area contributed by atoms with Crippen LogP contribution in [-0.2, 0) is 10.0 Å². The molecule has 0 bridgehead atoms. The third-order valence-corrected chi connectivity index (χ3v) is 5.50. The summed E-state index contributed by atoms with van der Waals surface area (Å²) in [6, 6.07) is 8.45. The Balaban J connectivity index is 1.75. The second-order valence-corrected chi connectivity index (χ2v) is 8.28. The Morgan fingerprint density at radius 2 is 1.90 bits per heavy atom. The lowest BCUT2D eigenvalue weighted by atomic mass is 10.1. The van der Waals surface area contributed by atoms with Crippen molar-refractivity contribution in [3.05, 3.63) is 54.0 Å². The summed E-state index contributed by atoms with van der Waals surface area (Å²) in [4.78, 5) is 23.3. The Bertz CT molecular complexity index is 1210. The molecule has 1 aliphatic rings. The quantitative estimate of drug-likeness (QED) is 0.675. The molecule has 150 valence electrons. The maximum absolute atomic E-state index is 13.7. The molecule has 3 N–H and O–H groups in total. The number of hydrogen-bond acceptors (Lipinski definition) is 6. The highest BCUT2D eigenvalue weighted by Crippen LogP contribution is 2.28. The second kappa shape index (κ2) is 7.37. The van der Waals surface area contributed by atoms with Crippen LogP contribution in [0.25, 0.3) is 10.9 Å². The van der Waals surface area contributed by atoms with Crippen LogP contribution in [0.15, 0.2) is 47.6 Å². The normalized spacial score (nSPS) is 14.3. The highest BCUT2D eigenvalue weighted by atomic mass is 32.2. The van der Waals surface area contributed by atoms with Gasteiger partial charge >= 0.3 is 0 Å². The average molecular weight is 415 g/mol. The van der Waals surface area contributed by atoms with Crippen molar-refractivity contribution in [1.29, 1.82) is 0 Å². The summed E-state index contributed by atoms with van der Waals surface area (Å²) in [6.45, 7) is 1.54. The molecular weight excluding hydrogens is 397 g/mol. The van der Waals surface area contributed by atoms with Gasteiger partial charge in [-0.25, -0.2) is 27.9 Å². The van der Waals surface area contributed by atoms with Gasteiger partial charge in [0.1, 0.15) is 11.6 Å². The summed E-state index contributed by atoms with van der Waals surface area (Å²) in [5.41, 5.74) is 1.09. The predicted octanol–water partition coefficient (Wildman–Crippen LogP) is 2.27. The molecule has 0 atom stereocenters. The monoisotopic (exact) mass is 415 g/mol. The first-order chi connectivity index (χ1) is 13.8. The lowest BCUT2D eigenvalue weighted by Crippen LogP contribution is -2.24. The van der Waals surface area contributed by atoms with Gasteiger partial charge < -0.3 is 10.2 Å². The van der Waals surface area contributed by atoms with E-state index in [2.05, 4.69) is 15.3 Å². The Kier molecular flexibility index (Phi) is 4.89. The molecule has 4 rings (SSSR count). The number of nitrogens with one attached hydrogen (secondary N) is 1. The number of carbonyl (C=O) groups is 1. The van der Waals surface area contributed by atoms with Gasteiger partial charge in [-0.3, -0.25) is 4.79 Å². The Morgan fingerprint density at radius 3 is 2.62 bits per heavy atom. The van der Waals surface area contributed by atoms with Gasteiger partial charge in [0.15, 0.2) is 5.03 Å². The van der Waals surface area contributed by atoms with E-state index in [0.717, 1.165) is 25.9 Å². The van der Waals surface area contributed by atoms with Gasteiger partial charge in [-0.05, 0) is 43.2 Å². The number of rotatable bonds is 4. The molecule has 1 saturated heterocycles. The maximum atomic E-state index is 13.7. The highest BCUT2D eigenvalue weighted by Gasteiger charge is 2.23. The van der Waals surface area contributed by atoms with Gasteiger partial charge in [0.2, 0.25) is 0 Å². The van der Waals surface area contributed by atoms with E-state index in [1.807, 2.05) is 4.90 Å². The van der Waals surface area contributed by atoms with Gasteiger partial charge in [0.05, 0.1) is 11.1 Å². The largest absolute Gasteiger partial charge is 0.356 e. The van der Waals surface area contributed by atoms with Crippen molar-refractivity contribution in [2.45, 2.75) is 17.9 Å². The first kappa shape index (κ1) is 19.2. The summed E-state index contributed by atoms with van der Waals surface area (Å²) in [6.07, 6.45) is 3.23. The molecule has 29 heavy (non-hydrogen) atoms. The number of fused-ring (bicyclic) bond motifs is 1. The molecule has 1 amide bonds. The van der Waals surface area contributed by atoms with Crippen molar-refractivity contribution in [2.75, 3.05) is 23.3 Å². The van der Waals surface area contributed by atoms with E-state index in [0.29, 0.717) is 16.7 Å². The molecule has 0 radical (unpaired) electrons. The zero-order valence-corrected chi connectivity index (χ0v) is 16.1. The number of nitrogens with two attached hydrogens (primary N) is 1. The highest BCUT2D eigenvalue weighted by molar-refractivity contribution is 7.89. The Morgan fingerprint density at radius 1 is 1.14 bits per heavy atom. The second-order valence-electron chi connectivity index (χ2n) is 6.77. The number of amides is 1. The van der Waals surface area contributed by atoms with E-state index in [1.165, 1.54) is 30.5 Å². The Hall–Kier alpha value is -3.11. The summed E-state index contributed by atoms with van der Waals surface area (Å²) in [5.74, 6) is -0.400. The van der Waals surface area contributed by atoms with Crippen molar-refractivity contribution in [3.63, 3.8) is 0 Å². The molecule has 3 aromatic rings. The van der Waals surface area contributed by atoms with E-state index in [9.17, 15) is 17.6 Å². The molecule has 1 aliphatic heterocycles. The number of carbonyl (C=O) groups excluding carboxylic acids is 1. The summed E-state index contributed by atoms with van der Waals surface area (Å²) >= 11 is 0. The lowest BCUT2D eigenvalue weighted by molar-refractivity contribution is 0.102. The molecule has 0 aliphatic carbocycles. The molecule has 1 fully saturated rings. The van der Waals surface area contributed by atoms with Gasteiger partial charge in [0.25, 0.3) is 15.9 Å². The molecule has 3 heterocycles. The SMILES string of the molecule is NS(=O)(=O)c1cc(NC(=O)c2cc3cc(F)ccc3nc2N2CCCC2)ccn1. The molecule has 10 heteroatoms. The summed E-state index contributed by atoms with van der Waals surface area (Å²) < 4.78 is 36.7. The molecular formula is C19H18FN5O3S. The van der Waals surface area contributed by atoms with Crippen LogP contribution < -0.4 is 15.4 Å². The topological polar surface area (TPSA) is 118 Å². The third-order valence-electron chi connectivity index (χ3n) is 4.69. The zero-order chi connectivity index (χ0) is 20.6. The predicted molar refractivity (Wildman–Crippen MR) is 107 cm³/mol. The third kappa shape index (κ3) is 4.03. The molecule has 1 aromatic carbocycles. The van der Waals surface area contributed by atoms with Crippen molar-refractivity contribution >= 4 is 38.3 Å². The smallest absolute Gasteiger partial charge is 0.259 e. The maximum Gasteiger partial charge on any atom is 0.259 e. The first-order valence-electron chi connectivity index (χ1n) is 8.97. The number of hydrogen-bond donors (Lipinski definition) is 2. The average Bonchev–Trinajstić information content (AvgIpc) is 3.21. The number of sulfonamides is 1. The number of benzene rings is 1. The number of primary sulfonamides is 1. The van der Waals surface area contributed by atoms with Crippen LogP contribution in [0.3, 0.4) is 0 Å². The van der Waals surface area contributed by atoms with Crippen molar-refractivity contribution in [1.82, 2.24) is 9.97 Å². The number of anilines is 2. The fourth-order valence-electron chi connectivity index (χ4n) is 3.32. The van der Waals surface area contributed by atoms with E-state index >= 15 is 0 Å². The summed E-state index contributed by atoms with van der Waals surface area (Å²) in [7, 11) is -4.01. The minimum atomic E-state index is -4.01. The number of halogens is 1. The fraction of sp³-hybridized carbons (Fsp3) is 0.211. The lowest BCUT2D eigenvalue weighted by Gasteiger charge is -2.20. The van der Waals surface area contributed by atoms with Gasteiger partial charge in [-0.1, -0.05) is 0 Å². The minimum absolute atomic E-state index is 0.223. The minimum Gasteiger partial charge on any atom is -0.356 e. The van der Waals surface area contributed by atoms with Crippen molar-refractivity contribution < 1.29 is 17.6 Å². The van der Waals surface area contributed by atoms with Crippen LogP contribution in [0.4, 0.5) is 15.9 Å².